The molecule has 0 radical (unpaired) electrons. The summed E-state index contributed by atoms with van der Waals surface area (Å²) in [7, 11) is -3.49. The molecule has 0 atom stereocenters. The predicted molar refractivity (Wildman–Crippen MR) is 84.5 cm³/mol. The first-order valence-corrected chi connectivity index (χ1v) is 8.93. The molecule has 0 aliphatic heterocycles. The minimum atomic E-state index is -3.49. The van der Waals surface area contributed by atoms with Crippen molar-refractivity contribution in [3.05, 3.63) is 24.4 Å². The lowest BCUT2D eigenvalue weighted by atomic mass is 10.1. The normalized spacial score (nSPS) is 17.9. The van der Waals surface area contributed by atoms with Crippen molar-refractivity contribution < 1.29 is 8.42 Å². The minimum absolute atomic E-state index is 0.0521. The Hall–Kier alpha value is -1.53. The molecule has 0 spiro atoms. The van der Waals surface area contributed by atoms with Crippen molar-refractivity contribution >= 4 is 26.6 Å². The van der Waals surface area contributed by atoms with Gasteiger partial charge in [-0.05, 0) is 31.0 Å². The number of nitrogens with two attached hydrogens (primary N) is 1. The highest BCUT2D eigenvalue weighted by Gasteiger charge is 2.23. The van der Waals surface area contributed by atoms with Crippen LogP contribution < -0.4 is 10.5 Å². The number of sulfonamides is 1. The number of fused-ring (bicyclic) bond motifs is 1. The van der Waals surface area contributed by atoms with E-state index >= 15 is 0 Å². The van der Waals surface area contributed by atoms with Crippen LogP contribution in [0.5, 0.6) is 0 Å². The summed E-state index contributed by atoms with van der Waals surface area (Å²) in [4.78, 5) is 3.29. The third-order valence-corrected chi connectivity index (χ3v) is 5.69. The largest absolute Gasteiger partial charge is 0.399 e. The van der Waals surface area contributed by atoms with E-state index in [0.717, 1.165) is 31.2 Å². The van der Waals surface area contributed by atoms with Crippen LogP contribution in [0.1, 0.15) is 38.5 Å². The Kier molecular flexibility index (Phi) is 3.91. The Bertz CT molecular complexity index is 728. The van der Waals surface area contributed by atoms with Gasteiger partial charge in [0.15, 0.2) is 0 Å². The predicted octanol–water partition coefficient (Wildman–Crippen LogP) is 2.75. The van der Waals surface area contributed by atoms with Crippen molar-refractivity contribution in [1.29, 1.82) is 0 Å². The summed E-state index contributed by atoms with van der Waals surface area (Å²) in [5.74, 6) is 0. The molecule has 0 amide bonds. The molecule has 21 heavy (non-hydrogen) atoms. The summed E-state index contributed by atoms with van der Waals surface area (Å²) in [5.41, 5.74) is 7.09. The van der Waals surface area contributed by atoms with Crippen molar-refractivity contribution in [2.24, 2.45) is 0 Å². The van der Waals surface area contributed by atoms with Crippen LogP contribution >= 0.6 is 0 Å². The minimum Gasteiger partial charge on any atom is -0.399 e. The second kappa shape index (κ2) is 5.69. The summed E-state index contributed by atoms with van der Waals surface area (Å²) < 4.78 is 28.1. The zero-order chi connectivity index (χ0) is 14.9. The van der Waals surface area contributed by atoms with Gasteiger partial charge in [-0.25, -0.2) is 13.1 Å². The lowest BCUT2D eigenvalue weighted by Gasteiger charge is -2.16. The van der Waals surface area contributed by atoms with Gasteiger partial charge >= 0.3 is 0 Å². The Balaban J connectivity index is 1.89. The first-order chi connectivity index (χ1) is 10.1. The highest BCUT2D eigenvalue weighted by Crippen LogP contribution is 2.26. The maximum Gasteiger partial charge on any atom is 0.242 e. The zero-order valence-corrected chi connectivity index (χ0v) is 12.7. The SMILES string of the molecule is Nc1ccc2c(S(=O)(=O)NC3CCCCCC3)c[nH]c2c1. The Morgan fingerprint density at radius 2 is 1.86 bits per heavy atom. The Morgan fingerprint density at radius 1 is 1.14 bits per heavy atom. The molecule has 6 heteroatoms. The maximum atomic E-state index is 12.6. The van der Waals surface area contributed by atoms with Crippen LogP contribution in [0.4, 0.5) is 5.69 Å². The molecule has 114 valence electrons. The van der Waals surface area contributed by atoms with Crippen molar-refractivity contribution in [2.45, 2.75) is 49.5 Å². The molecular weight excluding hydrogens is 286 g/mol. The number of aromatic nitrogens is 1. The molecule has 1 aromatic heterocycles. The van der Waals surface area contributed by atoms with Crippen molar-refractivity contribution in [1.82, 2.24) is 9.71 Å². The molecule has 0 unspecified atom stereocenters. The average molecular weight is 307 g/mol. The Morgan fingerprint density at radius 3 is 2.57 bits per heavy atom. The van der Waals surface area contributed by atoms with Crippen LogP contribution in [0.25, 0.3) is 10.9 Å². The van der Waals surface area contributed by atoms with Gasteiger partial charge in [0, 0.05) is 28.8 Å². The topological polar surface area (TPSA) is 88.0 Å². The lowest BCUT2D eigenvalue weighted by molar-refractivity contribution is 0.510. The van der Waals surface area contributed by atoms with Gasteiger partial charge in [-0.15, -0.1) is 0 Å². The molecular formula is C15H21N3O2S. The average Bonchev–Trinajstić information content (AvgIpc) is 2.69. The van der Waals surface area contributed by atoms with Gasteiger partial charge in [0.1, 0.15) is 4.90 Å². The van der Waals surface area contributed by atoms with Gasteiger partial charge in [0.25, 0.3) is 0 Å². The van der Waals surface area contributed by atoms with E-state index < -0.39 is 10.0 Å². The van der Waals surface area contributed by atoms with Gasteiger partial charge in [0.05, 0.1) is 0 Å². The molecule has 1 aromatic carbocycles. The van der Waals surface area contributed by atoms with Crippen molar-refractivity contribution in [3.63, 3.8) is 0 Å². The summed E-state index contributed by atoms with van der Waals surface area (Å²) in [6.45, 7) is 0. The number of hydrogen-bond acceptors (Lipinski definition) is 3. The molecule has 1 aliphatic rings. The molecule has 3 rings (SSSR count). The highest BCUT2D eigenvalue weighted by molar-refractivity contribution is 7.89. The number of hydrogen-bond donors (Lipinski definition) is 3. The Labute approximate surface area is 125 Å². The number of anilines is 1. The van der Waals surface area contributed by atoms with Gasteiger partial charge in [0.2, 0.25) is 10.0 Å². The quantitative estimate of drug-likeness (QED) is 0.602. The fraction of sp³-hybridized carbons (Fsp3) is 0.467. The maximum absolute atomic E-state index is 12.6. The van der Waals surface area contributed by atoms with E-state index in [1.165, 1.54) is 12.8 Å². The van der Waals surface area contributed by atoms with E-state index in [-0.39, 0.29) is 6.04 Å². The van der Waals surface area contributed by atoms with Crippen molar-refractivity contribution in [3.8, 4) is 0 Å². The molecule has 0 saturated heterocycles. The standard InChI is InChI=1S/C15H21N3O2S/c16-11-7-8-13-14(9-11)17-10-15(13)21(19,20)18-12-5-3-1-2-4-6-12/h7-10,12,17-18H,1-6,16H2. The number of aromatic amines is 1. The molecule has 1 heterocycles. The van der Waals surface area contributed by atoms with Gasteiger partial charge in [-0.1, -0.05) is 25.7 Å². The highest BCUT2D eigenvalue weighted by atomic mass is 32.2. The summed E-state index contributed by atoms with van der Waals surface area (Å²) in [5, 5.41) is 0.685. The smallest absolute Gasteiger partial charge is 0.242 e. The third-order valence-electron chi connectivity index (χ3n) is 4.13. The molecule has 5 nitrogen and oxygen atoms in total. The number of benzene rings is 1. The number of nitrogen functional groups attached to an aromatic ring is 1. The molecule has 4 N–H and O–H groups in total. The van der Waals surface area contributed by atoms with Crippen LogP contribution in [0.3, 0.4) is 0 Å². The van der Waals surface area contributed by atoms with Crippen LogP contribution in [0, 0.1) is 0 Å². The van der Waals surface area contributed by atoms with Crippen LogP contribution in [-0.4, -0.2) is 19.4 Å². The number of H-pyrrole nitrogens is 1. The van der Waals surface area contributed by atoms with Crippen LogP contribution in [0.15, 0.2) is 29.3 Å². The molecule has 1 saturated carbocycles. The number of rotatable bonds is 3. The fourth-order valence-corrected chi connectivity index (χ4v) is 4.50. The van der Waals surface area contributed by atoms with E-state index in [0.29, 0.717) is 16.0 Å². The fourth-order valence-electron chi connectivity index (χ4n) is 3.02. The van der Waals surface area contributed by atoms with Gasteiger partial charge in [-0.3, -0.25) is 0 Å². The first kappa shape index (κ1) is 14.4. The monoisotopic (exact) mass is 307 g/mol. The summed E-state index contributed by atoms with van der Waals surface area (Å²) in [6, 6.07) is 5.28. The molecule has 0 bridgehead atoms. The van der Waals surface area contributed by atoms with E-state index in [2.05, 4.69) is 9.71 Å². The first-order valence-electron chi connectivity index (χ1n) is 7.45. The zero-order valence-electron chi connectivity index (χ0n) is 11.9. The van der Waals surface area contributed by atoms with Gasteiger partial charge < -0.3 is 10.7 Å². The molecule has 1 aliphatic carbocycles. The van der Waals surface area contributed by atoms with E-state index in [9.17, 15) is 8.42 Å². The molecule has 1 fully saturated rings. The van der Waals surface area contributed by atoms with Crippen molar-refractivity contribution in [2.75, 3.05) is 5.73 Å². The lowest BCUT2D eigenvalue weighted by Crippen LogP contribution is -2.34. The third kappa shape index (κ3) is 3.06. The second-order valence-electron chi connectivity index (χ2n) is 5.77. The molecule has 2 aromatic rings. The number of nitrogens with one attached hydrogen (secondary N) is 2. The van der Waals surface area contributed by atoms with Gasteiger partial charge in [-0.2, -0.15) is 0 Å². The summed E-state index contributed by atoms with van der Waals surface area (Å²) in [6.07, 6.45) is 7.98. The van der Waals surface area contributed by atoms with E-state index in [1.54, 1.807) is 24.4 Å². The summed E-state index contributed by atoms with van der Waals surface area (Å²) >= 11 is 0. The van der Waals surface area contributed by atoms with E-state index in [4.69, 9.17) is 5.73 Å². The van der Waals surface area contributed by atoms with Crippen LogP contribution in [0.2, 0.25) is 0 Å². The van der Waals surface area contributed by atoms with Crippen LogP contribution in [-0.2, 0) is 10.0 Å². The van der Waals surface area contributed by atoms with E-state index in [1.807, 2.05) is 0 Å². The second-order valence-corrected chi connectivity index (χ2v) is 7.45.